The molecule has 1 aromatic carbocycles. The molecular formula is C29H33FN6O6. The van der Waals surface area contributed by atoms with Crippen molar-refractivity contribution in [3.8, 4) is 17.0 Å². The molecule has 0 radical (unpaired) electrons. The molecule has 1 aliphatic heterocycles. The zero-order chi connectivity index (χ0) is 30.2. The highest BCUT2D eigenvalue weighted by atomic mass is 19.1. The van der Waals surface area contributed by atoms with Crippen LogP contribution in [0.4, 0.5) is 36.0 Å². The molecule has 4 amide bonds. The van der Waals surface area contributed by atoms with Crippen molar-refractivity contribution in [1.29, 1.82) is 0 Å². The Morgan fingerprint density at radius 1 is 1.10 bits per heavy atom. The van der Waals surface area contributed by atoms with Crippen molar-refractivity contribution in [3.05, 3.63) is 35.9 Å². The largest absolute Gasteiger partial charge is 0.474 e. The predicted molar refractivity (Wildman–Crippen MR) is 155 cm³/mol. The third kappa shape index (κ3) is 5.99. The lowest BCUT2D eigenvalue weighted by atomic mass is 9.96. The molecular weight excluding hydrogens is 547 g/mol. The van der Waals surface area contributed by atoms with E-state index in [1.165, 1.54) is 18.5 Å². The summed E-state index contributed by atoms with van der Waals surface area (Å²) in [4.78, 5) is 46.9. The van der Waals surface area contributed by atoms with Crippen LogP contribution < -0.4 is 25.6 Å². The molecule has 1 saturated carbocycles. The van der Waals surface area contributed by atoms with Crippen molar-refractivity contribution in [3.63, 3.8) is 0 Å². The fraction of sp³-hybridized carbons (Fsp3) is 0.414. The van der Waals surface area contributed by atoms with E-state index in [-0.39, 0.29) is 53.2 Å². The summed E-state index contributed by atoms with van der Waals surface area (Å²) in [6.45, 7) is 6.93. The number of halogens is 1. The number of benzene rings is 1. The molecule has 3 heterocycles. The van der Waals surface area contributed by atoms with Crippen LogP contribution in [0.3, 0.4) is 0 Å². The van der Waals surface area contributed by atoms with Gasteiger partial charge in [-0.25, -0.2) is 28.7 Å². The number of amides is 4. The molecule has 1 aliphatic carbocycles. The average molecular weight is 581 g/mol. The molecule has 42 heavy (non-hydrogen) atoms. The zero-order valence-electron chi connectivity index (χ0n) is 23.8. The van der Waals surface area contributed by atoms with Crippen molar-refractivity contribution in [2.24, 2.45) is 0 Å². The molecule has 0 bridgehead atoms. The van der Waals surface area contributed by atoms with Gasteiger partial charge >= 0.3 is 18.2 Å². The zero-order valence-corrected chi connectivity index (χ0v) is 23.8. The first kappa shape index (κ1) is 28.8. The second-order valence-corrected chi connectivity index (χ2v) is 11.3. The maximum Gasteiger partial charge on any atom is 0.412 e. The number of nitrogens with zero attached hydrogens (tertiary/aromatic N) is 3. The van der Waals surface area contributed by atoms with Crippen LogP contribution in [-0.2, 0) is 4.74 Å². The highest BCUT2D eigenvalue weighted by molar-refractivity contribution is 6.05. The van der Waals surface area contributed by atoms with Crippen LogP contribution in [-0.4, -0.2) is 58.1 Å². The van der Waals surface area contributed by atoms with E-state index in [0.29, 0.717) is 16.5 Å². The lowest BCUT2D eigenvalue weighted by molar-refractivity contribution is 0.0635. The molecule has 13 heteroatoms. The van der Waals surface area contributed by atoms with Gasteiger partial charge in [0.2, 0.25) is 5.88 Å². The van der Waals surface area contributed by atoms with Gasteiger partial charge in [-0.05, 0) is 63.6 Å². The summed E-state index contributed by atoms with van der Waals surface area (Å²) in [5, 5.41) is 18.6. The molecule has 0 spiro atoms. The van der Waals surface area contributed by atoms with Crippen LogP contribution in [0.15, 0.2) is 24.5 Å². The van der Waals surface area contributed by atoms with E-state index in [9.17, 15) is 19.5 Å². The van der Waals surface area contributed by atoms with Crippen molar-refractivity contribution >= 4 is 46.2 Å². The minimum atomic E-state index is -1.19. The van der Waals surface area contributed by atoms with Crippen LogP contribution in [0.1, 0.15) is 52.0 Å². The fourth-order valence-corrected chi connectivity index (χ4v) is 5.27. The summed E-state index contributed by atoms with van der Waals surface area (Å²) < 4.78 is 27.2. The molecule has 0 atom stereocenters. The Morgan fingerprint density at radius 3 is 2.52 bits per heavy atom. The standard InChI is InChI=1S/C29H33FN6O6/c1-15-19(13-32-25-24(15)36(28(39)40)9-10-41-25)18-11-16-12-21(34-26(37)33-17-7-5-6-8-17)31-14-20(16)23(22(18)30)35-27(38)42-29(2,3)4/h11-14,17H,5-10H2,1-4H3,(H,35,38)(H,39,40)(H2,31,33,34,37). The van der Waals surface area contributed by atoms with E-state index >= 15 is 4.39 Å². The number of hydrogen-bond acceptors (Lipinski definition) is 7. The monoisotopic (exact) mass is 580 g/mol. The molecule has 12 nitrogen and oxygen atoms in total. The van der Waals surface area contributed by atoms with Crippen molar-refractivity contribution in [2.45, 2.75) is 65.0 Å². The van der Waals surface area contributed by atoms with Gasteiger partial charge in [0.25, 0.3) is 0 Å². The number of carboxylic acid groups (broad SMARTS) is 1. The number of pyridine rings is 2. The third-order valence-corrected chi connectivity index (χ3v) is 7.14. The number of fused-ring (bicyclic) bond motifs is 2. The molecule has 222 valence electrons. The summed E-state index contributed by atoms with van der Waals surface area (Å²) in [6.07, 6.45) is 4.66. The van der Waals surface area contributed by atoms with E-state index in [2.05, 4.69) is 25.9 Å². The highest BCUT2D eigenvalue weighted by Crippen LogP contribution is 2.42. The topological polar surface area (TPSA) is 155 Å². The van der Waals surface area contributed by atoms with Gasteiger partial charge in [0.15, 0.2) is 5.82 Å². The highest BCUT2D eigenvalue weighted by Gasteiger charge is 2.30. The first-order chi connectivity index (χ1) is 19.9. The number of ether oxygens (including phenoxy) is 2. The predicted octanol–water partition coefficient (Wildman–Crippen LogP) is 6.03. The van der Waals surface area contributed by atoms with Gasteiger partial charge in [-0.15, -0.1) is 0 Å². The van der Waals surface area contributed by atoms with Gasteiger partial charge in [0, 0.05) is 34.9 Å². The van der Waals surface area contributed by atoms with E-state index in [0.717, 1.165) is 30.6 Å². The minimum absolute atomic E-state index is 0.0461. The van der Waals surface area contributed by atoms with Crippen LogP contribution >= 0.6 is 0 Å². The lowest BCUT2D eigenvalue weighted by Crippen LogP contribution is -2.37. The Bertz CT molecular complexity index is 1570. The average Bonchev–Trinajstić information content (AvgIpc) is 3.42. The third-order valence-electron chi connectivity index (χ3n) is 7.14. The molecule has 1 fully saturated rings. The Hall–Kier alpha value is -4.68. The summed E-state index contributed by atoms with van der Waals surface area (Å²) in [7, 11) is 0. The van der Waals surface area contributed by atoms with E-state index in [4.69, 9.17) is 9.47 Å². The summed E-state index contributed by atoms with van der Waals surface area (Å²) in [5.74, 6) is -0.440. The van der Waals surface area contributed by atoms with Crippen LogP contribution in [0.2, 0.25) is 0 Å². The van der Waals surface area contributed by atoms with Gasteiger partial charge in [0.05, 0.1) is 12.2 Å². The van der Waals surface area contributed by atoms with Crippen LogP contribution in [0, 0.1) is 12.7 Å². The summed E-state index contributed by atoms with van der Waals surface area (Å²) in [6, 6.07) is 2.81. The normalized spacial score (nSPS) is 15.1. The second-order valence-electron chi connectivity index (χ2n) is 11.3. The number of urea groups is 1. The SMILES string of the molecule is Cc1c(-c2cc3cc(NC(=O)NC4CCCC4)ncc3c(NC(=O)OC(C)(C)C)c2F)cnc2c1N(C(=O)O)CCO2. The molecule has 5 rings (SSSR count). The number of nitrogens with one attached hydrogen (secondary N) is 3. The smallest absolute Gasteiger partial charge is 0.412 e. The quantitative estimate of drug-likeness (QED) is 0.291. The van der Waals surface area contributed by atoms with E-state index < -0.39 is 29.6 Å². The molecule has 4 N–H and O–H groups in total. The van der Waals surface area contributed by atoms with Gasteiger partial charge in [-0.3, -0.25) is 15.5 Å². The van der Waals surface area contributed by atoms with Gasteiger partial charge < -0.3 is 19.9 Å². The minimum Gasteiger partial charge on any atom is -0.474 e. The first-order valence-electron chi connectivity index (χ1n) is 13.7. The van der Waals surface area contributed by atoms with E-state index in [1.54, 1.807) is 33.8 Å². The van der Waals surface area contributed by atoms with Crippen molar-refractivity contribution in [1.82, 2.24) is 15.3 Å². The second kappa shape index (κ2) is 11.3. The van der Waals surface area contributed by atoms with Crippen molar-refractivity contribution < 1.29 is 33.4 Å². The molecule has 0 saturated heterocycles. The van der Waals surface area contributed by atoms with E-state index in [1.807, 2.05) is 0 Å². The maximum atomic E-state index is 16.3. The summed E-state index contributed by atoms with van der Waals surface area (Å²) in [5.41, 5.74) is -0.0446. The number of anilines is 3. The molecule has 2 aliphatic rings. The van der Waals surface area contributed by atoms with Gasteiger partial charge in [0.1, 0.15) is 23.7 Å². The Balaban J connectivity index is 1.60. The number of rotatable bonds is 4. The van der Waals surface area contributed by atoms with Gasteiger partial charge in [-0.1, -0.05) is 12.8 Å². The Kier molecular flexibility index (Phi) is 7.76. The fourth-order valence-electron chi connectivity index (χ4n) is 5.27. The molecule has 0 unspecified atom stereocenters. The molecule has 2 aromatic heterocycles. The van der Waals surface area contributed by atoms with Gasteiger partial charge in [-0.2, -0.15) is 0 Å². The number of carbonyl (C=O) groups is 3. The summed E-state index contributed by atoms with van der Waals surface area (Å²) >= 11 is 0. The Morgan fingerprint density at radius 2 is 1.83 bits per heavy atom. The number of hydrogen-bond donors (Lipinski definition) is 4. The number of aromatic nitrogens is 2. The Labute approximate surface area is 241 Å². The molecule has 3 aromatic rings. The maximum absolute atomic E-state index is 16.3. The lowest BCUT2D eigenvalue weighted by Gasteiger charge is -2.29. The van der Waals surface area contributed by atoms with Crippen LogP contribution in [0.5, 0.6) is 5.88 Å². The number of carbonyl (C=O) groups excluding carboxylic acids is 2. The first-order valence-corrected chi connectivity index (χ1v) is 13.7. The van der Waals surface area contributed by atoms with Crippen molar-refractivity contribution in [2.75, 3.05) is 28.7 Å². The van der Waals surface area contributed by atoms with Crippen LogP contribution in [0.25, 0.3) is 21.9 Å².